The fourth-order valence-electron chi connectivity index (χ4n) is 2.22. The molecular formula is C16H20N2O2. The van der Waals surface area contributed by atoms with E-state index in [0.717, 1.165) is 22.6 Å². The number of furan rings is 1. The SMILES string of the molecule is Cc1oc(C)c(C(=O)Nc2cccc(C(C)N)c2)c1C. The van der Waals surface area contributed by atoms with Crippen LogP contribution in [0.25, 0.3) is 0 Å². The van der Waals surface area contributed by atoms with Crippen molar-refractivity contribution in [3.63, 3.8) is 0 Å². The van der Waals surface area contributed by atoms with Gasteiger partial charge in [-0.2, -0.15) is 0 Å². The molecule has 1 unspecified atom stereocenters. The molecule has 1 aromatic carbocycles. The first kappa shape index (κ1) is 14.3. The normalized spacial score (nSPS) is 12.2. The van der Waals surface area contributed by atoms with Gasteiger partial charge < -0.3 is 15.5 Å². The molecule has 0 saturated carbocycles. The smallest absolute Gasteiger partial charge is 0.259 e. The molecule has 0 aliphatic carbocycles. The lowest BCUT2D eigenvalue weighted by atomic mass is 10.1. The van der Waals surface area contributed by atoms with Crippen LogP contribution in [0.5, 0.6) is 0 Å². The maximum Gasteiger partial charge on any atom is 0.259 e. The maximum absolute atomic E-state index is 12.3. The summed E-state index contributed by atoms with van der Waals surface area (Å²) in [6, 6.07) is 7.50. The predicted octanol–water partition coefficient (Wildman–Crippen LogP) is 3.48. The molecule has 3 N–H and O–H groups in total. The van der Waals surface area contributed by atoms with E-state index in [-0.39, 0.29) is 11.9 Å². The Labute approximate surface area is 119 Å². The molecule has 0 saturated heterocycles. The van der Waals surface area contributed by atoms with Gasteiger partial charge in [-0.15, -0.1) is 0 Å². The molecule has 20 heavy (non-hydrogen) atoms. The summed E-state index contributed by atoms with van der Waals surface area (Å²) in [4.78, 5) is 12.3. The number of nitrogens with one attached hydrogen (secondary N) is 1. The second-order valence-electron chi connectivity index (χ2n) is 5.08. The molecule has 4 nitrogen and oxygen atoms in total. The Morgan fingerprint density at radius 3 is 2.50 bits per heavy atom. The maximum atomic E-state index is 12.3. The Morgan fingerprint density at radius 2 is 1.95 bits per heavy atom. The Balaban J connectivity index is 2.26. The number of nitrogens with two attached hydrogens (primary N) is 1. The minimum absolute atomic E-state index is 0.0634. The number of benzene rings is 1. The van der Waals surface area contributed by atoms with Crippen LogP contribution in [0.1, 0.15) is 46.0 Å². The molecule has 106 valence electrons. The van der Waals surface area contributed by atoms with Gasteiger partial charge in [0, 0.05) is 17.3 Å². The zero-order valence-electron chi connectivity index (χ0n) is 12.3. The fraction of sp³-hybridized carbons (Fsp3) is 0.312. The molecule has 1 atom stereocenters. The number of carbonyl (C=O) groups excluding carboxylic acids is 1. The highest BCUT2D eigenvalue weighted by molar-refractivity contribution is 6.06. The van der Waals surface area contributed by atoms with Crippen molar-refractivity contribution in [2.45, 2.75) is 33.7 Å². The van der Waals surface area contributed by atoms with E-state index >= 15 is 0 Å². The molecule has 0 aliphatic rings. The summed E-state index contributed by atoms with van der Waals surface area (Å²) < 4.78 is 5.49. The van der Waals surface area contributed by atoms with Gasteiger partial charge in [-0.3, -0.25) is 4.79 Å². The van der Waals surface area contributed by atoms with Crippen molar-refractivity contribution in [2.75, 3.05) is 5.32 Å². The molecule has 0 aliphatic heterocycles. The second kappa shape index (κ2) is 5.51. The van der Waals surface area contributed by atoms with Crippen molar-refractivity contribution in [1.29, 1.82) is 0 Å². The molecule has 4 heteroatoms. The predicted molar refractivity (Wildman–Crippen MR) is 79.9 cm³/mol. The summed E-state index contributed by atoms with van der Waals surface area (Å²) >= 11 is 0. The minimum Gasteiger partial charge on any atom is -0.466 e. The van der Waals surface area contributed by atoms with E-state index in [1.165, 1.54) is 0 Å². The summed E-state index contributed by atoms with van der Waals surface area (Å²) in [6.45, 7) is 7.46. The number of carbonyl (C=O) groups is 1. The third-order valence-electron chi connectivity index (χ3n) is 3.46. The molecule has 0 fully saturated rings. The topological polar surface area (TPSA) is 68.3 Å². The van der Waals surface area contributed by atoms with E-state index in [1.807, 2.05) is 45.0 Å². The van der Waals surface area contributed by atoms with Gasteiger partial charge in [0.15, 0.2) is 0 Å². The molecule has 1 amide bonds. The number of amides is 1. The van der Waals surface area contributed by atoms with Crippen LogP contribution in [0.3, 0.4) is 0 Å². The molecule has 0 radical (unpaired) electrons. The first-order valence-electron chi connectivity index (χ1n) is 6.63. The number of hydrogen-bond donors (Lipinski definition) is 2. The Kier molecular flexibility index (Phi) is 3.95. The van der Waals surface area contributed by atoms with Crippen molar-refractivity contribution < 1.29 is 9.21 Å². The monoisotopic (exact) mass is 272 g/mol. The van der Waals surface area contributed by atoms with E-state index in [1.54, 1.807) is 6.92 Å². The zero-order valence-corrected chi connectivity index (χ0v) is 12.3. The van der Waals surface area contributed by atoms with Crippen LogP contribution in [0.2, 0.25) is 0 Å². The van der Waals surface area contributed by atoms with Gasteiger partial charge in [-0.1, -0.05) is 12.1 Å². The average molecular weight is 272 g/mol. The van der Waals surface area contributed by atoms with Crippen molar-refractivity contribution in [3.8, 4) is 0 Å². The van der Waals surface area contributed by atoms with E-state index in [4.69, 9.17) is 10.2 Å². The Bertz CT molecular complexity index is 642. The van der Waals surface area contributed by atoms with Crippen LogP contribution >= 0.6 is 0 Å². The van der Waals surface area contributed by atoms with Crippen molar-refractivity contribution in [2.24, 2.45) is 5.73 Å². The second-order valence-corrected chi connectivity index (χ2v) is 5.08. The lowest BCUT2D eigenvalue weighted by molar-refractivity contribution is 0.102. The number of anilines is 1. The third kappa shape index (κ3) is 2.75. The van der Waals surface area contributed by atoms with Gasteiger partial charge in [0.05, 0.1) is 5.56 Å². The van der Waals surface area contributed by atoms with Crippen LogP contribution in [-0.4, -0.2) is 5.91 Å². The van der Waals surface area contributed by atoms with Crippen LogP contribution in [0.4, 0.5) is 5.69 Å². The zero-order chi connectivity index (χ0) is 14.9. The third-order valence-corrected chi connectivity index (χ3v) is 3.46. The van der Waals surface area contributed by atoms with Crippen LogP contribution < -0.4 is 11.1 Å². The van der Waals surface area contributed by atoms with Gasteiger partial charge in [0.2, 0.25) is 0 Å². The first-order chi connectivity index (χ1) is 9.40. The summed E-state index contributed by atoms with van der Waals surface area (Å²) in [5, 5.41) is 2.89. The molecule has 0 spiro atoms. The van der Waals surface area contributed by atoms with E-state index in [0.29, 0.717) is 11.3 Å². The highest BCUT2D eigenvalue weighted by atomic mass is 16.3. The summed E-state index contributed by atoms with van der Waals surface area (Å²) in [5.74, 6) is 1.26. The minimum atomic E-state index is -0.154. The standard InChI is InChI=1S/C16H20N2O2/c1-9-11(3)20-12(4)15(9)16(19)18-14-7-5-6-13(8-14)10(2)17/h5-8,10H,17H2,1-4H3,(H,18,19). The molecule has 2 aromatic rings. The first-order valence-corrected chi connectivity index (χ1v) is 6.63. The summed E-state index contributed by atoms with van der Waals surface area (Å²) in [7, 11) is 0. The highest BCUT2D eigenvalue weighted by Gasteiger charge is 2.18. The largest absolute Gasteiger partial charge is 0.466 e. The Morgan fingerprint density at radius 1 is 1.25 bits per heavy atom. The fourth-order valence-corrected chi connectivity index (χ4v) is 2.22. The van der Waals surface area contributed by atoms with Gasteiger partial charge in [0.1, 0.15) is 11.5 Å². The highest BCUT2D eigenvalue weighted by Crippen LogP contribution is 2.22. The molecule has 1 heterocycles. The van der Waals surface area contributed by atoms with Crippen molar-refractivity contribution in [3.05, 3.63) is 52.5 Å². The lowest BCUT2D eigenvalue weighted by Gasteiger charge is -2.09. The van der Waals surface area contributed by atoms with E-state index in [2.05, 4.69) is 5.32 Å². The molecule has 1 aromatic heterocycles. The molecule has 2 rings (SSSR count). The number of aryl methyl sites for hydroxylation is 2. The molecular weight excluding hydrogens is 252 g/mol. The number of hydrogen-bond acceptors (Lipinski definition) is 3. The van der Waals surface area contributed by atoms with Gasteiger partial charge in [-0.25, -0.2) is 0 Å². The van der Waals surface area contributed by atoms with Crippen molar-refractivity contribution >= 4 is 11.6 Å². The lowest BCUT2D eigenvalue weighted by Crippen LogP contribution is -2.14. The van der Waals surface area contributed by atoms with Crippen LogP contribution in [0.15, 0.2) is 28.7 Å². The van der Waals surface area contributed by atoms with Crippen molar-refractivity contribution in [1.82, 2.24) is 0 Å². The summed E-state index contributed by atoms with van der Waals surface area (Å²) in [6.07, 6.45) is 0. The number of rotatable bonds is 3. The Hall–Kier alpha value is -2.07. The van der Waals surface area contributed by atoms with Gasteiger partial charge >= 0.3 is 0 Å². The van der Waals surface area contributed by atoms with Gasteiger partial charge in [0.25, 0.3) is 5.91 Å². The molecule has 0 bridgehead atoms. The van der Waals surface area contributed by atoms with Crippen LogP contribution in [-0.2, 0) is 0 Å². The summed E-state index contributed by atoms with van der Waals surface area (Å²) in [5.41, 5.74) is 9.06. The van der Waals surface area contributed by atoms with Crippen LogP contribution in [0, 0.1) is 20.8 Å². The van der Waals surface area contributed by atoms with E-state index in [9.17, 15) is 4.79 Å². The van der Waals surface area contributed by atoms with E-state index < -0.39 is 0 Å². The quantitative estimate of drug-likeness (QED) is 0.898. The average Bonchev–Trinajstić information content (AvgIpc) is 2.63. The van der Waals surface area contributed by atoms with Gasteiger partial charge in [-0.05, 0) is 45.4 Å².